The molecule has 0 aromatic heterocycles. The van der Waals surface area contributed by atoms with Gasteiger partial charge in [0.2, 0.25) is 5.91 Å². The summed E-state index contributed by atoms with van der Waals surface area (Å²) >= 11 is 0. The number of ether oxygens (including phenoxy) is 1. The molecule has 0 aromatic rings. The summed E-state index contributed by atoms with van der Waals surface area (Å²) < 4.78 is 44.3. The van der Waals surface area contributed by atoms with Crippen molar-refractivity contribution >= 4 is 12.0 Å². The number of carbonyl (C=O) groups excluding carboxylic acids is 2. The van der Waals surface area contributed by atoms with E-state index in [1.54, 1.807) is 20.8 Å². The van der Waals surface area contributed by atoms with E-state index in [9.17, 15) is 22.8 Å². The van der Waals surface area contributed by atoms with Crippen molar-refractivity contribution < 1.29 is 27.5 Å². The lowest BCUT2D eigenvalue weighted by Gasteiger charge is -2.34. The Balaban J connectivity index is 1.61. The summed E-state index contributed by atoms with van der Waals surface area (Å²) in [6.45, 7) is 5.29. The maximum atomic E-state index is 13.0. The molecule has 3 aliphatic rings. The van der Waals surface area contributed by atoms with Gasteiger partial charge in [-0.2, -0.15) is 13.2 Å². The number of amides is 2. The molecule has 5 atom stereocenters. The Bertz CT molecular complexity index is 573. The first-order chi connectivity index (χ1) is 12.0. The number of fused-ring (bicyclic) bond motifs is 1. The Kier molecular flexibility index (Phi) is 4.90. The molecule has 0 bridgehead atoms. The van der Waals surface area contributed by atoms with E-state index in [1.165, 1.54) is 4.90 Å². The van der Waals surface area contributed by atoms with Crippen molar-refractivity contribution in [1.82, 2.24) is 10.2 Å². The molecule has 1 N–H and O–H groups in total. The molecule has 1 heterocycles. The number of likely N-dealkylation sites (tertiary alicyclic amines) is 1. The van der Waals surface area contributed by atoms with Crippen LogP contribution < -0.4 is 5.32 Å². The highest BCUT2D eigenvalue weighted by atomic mass is 19.4. The van der Waals surface area contributed by atoms with Gasteiger partial charge in [-0.3, -0.25) is 9.69 Å². The fourth-order valence-electron chi connectivity index (χ4n) is 4.18. The zero-order valence-electron chi connectivity index (χ0n) is 15.4. The zero-order chi connectivity index (χ0) is 19.3. The molecule has 2 unspecified atom stereocenters. The summed E-state index contributed by atoms with van der Waals surface area (Å²) in [5, 5.41) is 2.76. The van der Waals surface area contributed by atoms with Gasteiger partial charge < -0.3 is 10.1 Å². The Hall–Kier alpha value is -1.47. The first kappa shape index (κ1) is 19.3. The van der Waals surface area contributed by atoms with Gasteiger partial charge in [0.15, 0.2) is 0 Å². The van der Waals surface area contributed by atoms with E-state index in [0.29, 0.717) is 25.2 Å². The molecule has 3 fully saturated rings. The topological polar surface area (TPSA) is 58.6 Å². The van der Waals surface area contributed by atoms with Crippen LogP contribution in [-0.4, -0.2) is 46.8 Å². The van der Waals surface area contributed by atoms with Gasteiger partial charge in [-0.1, -0.05) is 6.42 Å². The molecule has 2 aliphatic carbocycles. The average Bonchev–Trinajstić information content (AvgIpc) is 3.14. The molecule has 26 heavy (non-hydrogen) atoms. The van der Waals surface area contributed by atoms with Gasteiger partial charge in [-0.15, -0.1) is 0 Å². The molecular formula is C18H27F3N2O3. The van der Waals surface area contributed by atoms with Gasteiger partial charge in [-0.05, 0) is 58.8 Å². The van der Waals surface area contributed by atoms with Crippen LogP contribution in [-0.2, 0) is 9.53 Å². The summed E-state index contributed by atoms with van der Waals surface area (Å²) in [5.74, 6) is -1.41. The van der Waals surface area contributed by atoms with Crippen LogP contribution in [0, 0.1) is 11.8 Å². The lowest BCUT2D eigenvalue weighted by Crippen LogP contribution is -2.52. The highest BCUT2D eigenvalue weighted by Crippen LogP contribution is 2.48. The number of halogens is 3. The second-order valence-electron chi connectivity index (χ2n) is 8.81. The second kappa shape index (κ2) is 6.60. The van der Waals surface area contributed by atoms with Crippen LogP contribution in [0.25, 0.3) is 0 Å². The van der Waals surface area contributed by atoms with Gasteiger partial charge in [0, 0.05) is 12.1 Å². The van der Waals surface area contributed by atoms with Crippen LogP contribution in [0.15, 0.2) is 0 Å². The minimum atomic E-state index is -4.22. The van der Waals surface area contributed by atoms with E-state index in [4.69, 9.17) is 4.74 Å². The summed E-state index contributed by atoms with van der Waals surface area (Å²) in [6, 6.07) is -1.10. The number of hydrogen-bond acceptors (Lipinski definition) is 3. The standard InChI is InChI=1S/C18H27F3N2O3/c1-17(2,3)26-16(25)23-13-7-10(13)8-14(23)15(24)22-12-6-4-5-11(9-12)18(19,20)21/h10-14H,4-9H2,1-3H3,(H,22,24)/t10-,11-,12+,13?,14?/m0/s1. The molecule has 2 amide bonds. The second-order valence-corrected chi connectivity index (χ2v) is 8.81. The summed E-state index contributed by atoms with van der Waals surface area (Å²) in [4.78, 5) is 26.6. The number of alkyl halides is 3. The third-order valence-corrected chi connectivity index (χ3v) is 5.49. The van der Waals surface area contributed by atoms with Gasteiger partial charge in [0.1, 0.15) is 11.6 Å². The van der Waals surface area contributed by atoms with E-state index in [2.05, 4.69) is 5.32 Å². The molecular weight excluding hydrogens is 349 g/mol. The summed E-state index contributed by atoms with van der Waals surface area (Å²) in [7, 11) is 0. The van der Waals surface area contributed by atoms with Gasteiger partial charge in [0.05, 0.1) is 5.92 Å². The molecule has 2 saturated carbocycles. The van der Waals surface area contributed by atoms with E-state index in [1.807, 2.05) is 0 Å². The number of piperidine rings is 1. The van der Waals surface area contributed by atoms with Crippen molar-refractivity contribution in [1.29, 1.82) is 0 Å². The zero-order valence-corrected chi connectivity index (χ0v) is 15.4. The maximum absolute atomic E-state index is 13.0. The van der Waals surface area contributed by atoms with Gasteiger partial charge >= 0.3 is 12.3 Å². The predicted octanol–water partition coefficient (Wildman–Crippen LogP) is 3.62. The Morgan fingerprint density at radius 3 is 2.38 bits per heavy atom. The first-order valence-electron chi connectivity index (χ1n) is 9.34. The minimum Gasteiger partial charge on any atom is -0.444 e. The molecule has 0 spiro atoms. The van der Waals surface area contributed by atoms with E-state index < -0.39 is 35.9 Å². The van der Waals surface area contributed by atoms with Crippen molar-refractivity contribution in [3.8, 4) is 0 Å². The number of hydrogen-bond donors (Lipinski definition) is 1. The molecule has 5 nitrogen and oxygen atoms in total. The first-order valence-corrected chi connectivity index (χ1v) is 9.34. The van der Waals surface area contributed by atoms with Gasteiger partial charge in [-0.25, -0.2) is 4.79 Å². The van der Waals surface area contributed by atoms with Gasteiger partial charge in [0.25, 0.3) is 0 Å². The highest BCUT2D eigenvalue weighted by Gasteiger charge is 2.57. The molecule has 8 heteroatoms. The fraction of sp³-hybridized carbons (Fsp3) is 0.889. The quantitative estimate of drug-likeness (QED) is 0.801. The lowest BCUT2D eigenvalue weighted by atomic mass is 9.85. The molecule has 3 rings (SSSR count). The summed E-state index contributed by atoms with van der Waals surface area (Å²) in [5.41, 5.74) is -0.658. The summed E-state index contributed by atoms with van der Waals surface area (Å²) in [6.07, 6.45) is -2.28. The van der Waals surface area contributed by atoms with Crippen LogP contribution in [0.5, 0.6) is 0 Å². The Morgan fingerprint density at radius 2 is 1.77 bits per heavy atom. The molecule has 1 saturated heterocycles. The number of carbonyl (C=O) groups is 2. The smallest absolute Gasteiger partial charge is 0.411 e. The predicted molar refractivity (Wildman–Crippen MR) is 88.3 cm³/mol. The minimum absolute atomic E-state index is 0.0230. The Labute approximate surface area is 151 Å². The van der Waals surface area contributed by atoms with E-state index in [0.717, 1.165) is 6.42 Å². The van der Waals surface area contributed by atoms with Crippen LogP contribution >= 0.6 is 0 Å². The average molecular weight is 376 g/mol. The maximum Gasteiger partial charge on any atom is 0.411 e. The van der Waals surface area contributed by atoms with Crippen LogP contribution in [0.4, 0.5) is 18.0 Å². The number of nitrogens with one attached hydrogen (secondary N) is 1. The molecule has 0 radical (unpaired) electrons. The number of nitrogens with zero attached hydrogens (tertiary/aromatic N) is 1. The third-order valence-electron chi connectivity index (χ3n) is 5.49. The van der Waals surface area contributed by atoms with Crippen LogP contribution in [0.3, 0.4) is 0 Å². The lowest BCUT2D eigenvalue weighted by molar-refractivity contribution is -0.184. The number of rotatable bonds is 2. The normalized spacial score (nSPS) is 34.2. The SMILES string of the molecule is CC(C)(C)OC(=O)N1C(C(=O)N[C@@H]2CCC[C@H](C(F)(F)F)C2)C[C@@H]2CC21. The van der Waals surface area contributed by atoms with Crippen molar-refractivity contribution in [2.45, 2.75) is 89.2 Å². The van der Waals surface area contributed by atoms with Crippen molar-refractivity contribution in [3.05, 3.63) is 0 Å². The van der Waals surface area contributed by atoms with E-state index in [-0.39, 0.29) is 24.8 Å². The monoisotopic (exact) mass is 376 g/mol. The Morgan fingerprint density at radius 1 is 1.08 bits per heavy atom. The van der Waals surface area contributed by atoms with Crippen molar-refractivity contribution in [3.63, 3.8) is 0 Å². The van der Waals surface area contributed by atoms with Crippen molar-refractivity contribution in [2.24, 2.45) is 11.8 Å². The molecule has 1 aliphatic heterocycles. The fourth-order valence-corrected chi connectivity index (χ4v) is 4.18. The van der Waals surface area contributed by atoms with Crippen molar-refractivity contribution in [2.75, 3.05) is 0 Å². The largest absolute Gasteiger partial charge is 0.444 e. The van der Waals surface area contributed by atoms with Crippen LogP contribution in [0.2, 0.25) is 0 Å². The molecule has 0 aromatic carbocycles. The van der Waals surface area contributed by atoms with Crippen LogP contribution in [0.1, 0.15) is 59.3 Å². The third kappa shape index (κ3) is 4.26. The van der Waals surface area contributed by atoms with E-state index >= 15 is 0 Å². The highest BCUT2D eigenvalue weighted by molar-refractivity contribution is 5.87. The molecule has 148 valence electrons.